The summed E-state index contributed by atoms with van der Waals surface area (Å²) in [7, 11) is 0. The van der Waals surface area contributed by atoms with E-state index in [0.717, 1.165) is 6.54 Å². The van der Waals surface area contributed by atoms with Crippen molar-refractivity contribution in [1.29, 1.82) is 0 Å². The molecule has 1 aliphatic heterocycles. The van der Waals surface area contributed by atoms with Gasteiger partial charge in [-0.1, -0.05) is 12.5 Å². The number of hydrogen-bond donors (Lipinski definition) is 2. The molecule has 15 heavy (non-hydrogen) atoms. The lowest BCUT2D eigenvalue weighted by atomic mass is 9.97. The highest BCUT2D eigenvalue weighted by atomic mass is 14.9. The number of fused-ring (bicyclic) bond motifs is 1. The number of H-pyrrole nitrogens is 1. The number of nitrogens with one attached hydrogen (secondary N) is 2. The zero-order valence-corrected chi connectivity index (χ0v) is 8.79. The van der Waals surface area contributed by atoms with Crippen LogP contribution in [0.2, 0.25) is 0 Å². The van der Waals surface area contributed by atoms with Crippen molar-refractivity contribution >= 4 is 10.9 Å². The lowest BCUT2D eigenvalue weighted by Gasteiger charge is -2.23. The molecule has 2 nitrogen and oxygen atoms in total. The highest BCUT2D eigenvalue weighted by molar-refractivity contribution is 5.80. The molecule has 1 saturated heterocycles. The molecule has 0 unspecified atom stereocenters. The molecular weight excluding hydrogens is 184 g/mol. The van der Waals surface area contributed by atoms with Crippen molar-refractivity contribution in [2.75, 3.05) is 6.54 Å². The first-order chi connectivity index (χ1) is 7.43. The van der Waals surface area contributed by atoms with E-state index in [0.29, 0.717) is 6.04 Å². The molecule has 2 heteroatoms. The van der Waals surface area contributed by atoms with Gasteiger partial charge in [0.05, 0.1) is 0 Å². The Balaban J connectivity index is 1.95. The van der Waals surface area contributed by atoms with Crippen LogP contribution in [0.4, 0.5) is 0 Å². The summed E-state index contributed by atoms with van der Waals surface area (Å²) in [6.45, 7) is 1.16. The molecule has 0 aliphatic carbocycles. The van der Waals surface area contributed by atoms with Crippen LogP contribution in [0.25, 0.3) is 10.9 Å². The summed E-state index contributed by atoms with van der Waals surface area (Å²) in [4.78, 5) is 3.23. The van der Waals surface area contributed by atoms with E-state index in [1.807, 2.05) is 6.20 Å². The third-order valence-corrected chi connectivity index (χ3v) is 3.29. The number of benzene rings is 1. The van der Waals surface area contributed by atoms with Crippen molar-refractivity contribution in [3.63, 3.8) is 0 Å². The number of hydrogen-bond acceptors (Lipinski definition) is 1. The Labute approximate surface area is 89.7 Å². The Kier molecular flexibility index (Phi) is 2.22. The number of piperidine rings is 1. The third kappa shape index (κ3) is 1.65. The summed E-state index contributed by atoms with van der Waals surface area (Å²) in [6, 6.07) is 9.43. The molecule has 2 aromatic rings. The first-order valence-corrected chi connectivity index (χ1v) is 5.74. The Morgan fingerprint density at radius 3 is 3.00 bits per heavy atom. The van der Waals surface area contributed by atoms with Crippen LogP contribution in [0.5, 0.6) is 0 Å². The molecule has 1 aromatic carbocycles. The summed E-state index contributed by atoms with van der Waals surface area (Å²) in [5.41, 5.74) is 2.66. The molecule has 0 saturated carbocycles. The minimum absolute atomic E-state index is 0.568. The predicted octanol–water partition coefficient (Wildman–Crippen LogP) is 2.98. The molecule has 2 N–H and O–H groups in total. The molecule has 1 fully saturated rings. The summed E-state index contributed by atoms with van der Waals surface area (Å²) in [6.07, 6.45) is 5.95. The zero-order valence-electron chi connectivity index (χ0n) is 8.79. The number of rotatable bonds is 1. The molecule has 0 bridgehead atoms. The monoisotopic (exact) mass is 200 g/mol. The highest BCUT2D eigenvalue weighted by Crippen LogP contribution is 2.25. The van der Waals surface area contributed by atoms with Gasteiger partial charge in [0.1, 0.15) is 0 Å². The van der Waals surface area contributed by atoms with Gasteiger partial charge in [-0.2, -0.15) is 0 Å². The average molecular weight is 200 g/mol. The Bertz CT molecular complexity index is 452. The largest absolute Gasteiger partial charge is 0.361 e. The standard InChI is InChI=1S/C13H16N2/c1-2-7-14-12(3-1)10-4-5-13-11(9-10)6-8-15-13/h4-6,8-9,12,14-15H,1-3,7H2/t12-/m0/s1. The van der Waals surface area contributed by atoms with E-state index < -0.39 is 0 Å². The van der Waals surface area contributed by atoms with E-state index in [4.69, 9.17) is 0 Å². The summed E-state index contributed by atoms with van der Waals surface area (Å²) < 4.78 is 0. The first-order valence-electron chi connectivity index (χ1n) is 5.74. The van der Waals surface area contributed by atoms with Crippen LogP contribution in [0, 0.1) is 0 Å². The van der Waals surface area contributed by atoms with Crippen LogP contribution in [-0.2, 0) is 0 Å². The smallest absolute Gasteiger partial charge is 0.0454 e. The summed E-state index contributed by atoms with van der Waals surface area (Å²) >= 11 is 0. The second kappa shape index (κ2) is 3.70. The van der Waals surface area contributed by atoms with Gasteiger partial charge in [0.15, 0.2) is 0 Å². The van der Waals surface area contributed by atoms with E-state index in [9.17, 15) is 0 Å². The van der Waals surface area contributed by atoms with Crippen molar-refractivity contribution in [1.82, 2.24) is 10.3 Å². The van der Waals surface area contributed by atoms with E-state index in [1.54, 1.807) is 0 Å². The van der Waals surface area contributed by atoms with Gasteiger partial charge in [-0.15, -0.1) is 0 Å². The van der Waals surface area contributed by atoms with Gasteiger partial charge >= 0.3 is 0 Å². The van der Waals surface area contributed by atoms with Crippen LogP contribution in [0.3, 0.4) is 0 Å². The van der Waals surface area contributed by atoms with Crippen molar-refractivity contribution in [2.24, 2.45) is 0 Å². The fraction of sp³-hybridized carbons (Fsp3) is 0.385. The zero-order chi connectivity index (χ0) is 10.1. The van der Waals surface area contributed by atoms with Crippen LogP contribution in [0.1, 0.15) is 30.9 Å². The van der Waals surface area contributed by atoms with E-state index in [-0.39, 0.29) is 0 Å². The van der Waals surface area contributed by atoms with Crippen molar-refractivity contribution in [3.8, 4) is 0 Å². The molecule has 1 atom stereocenters. The van der Waals surface area contributed by atoms with Gasteiger partial charge in [-0.05, 0) is 48.5 Å². The van der Waals surface area contributed by atoms with Crippen LogP contribution < -0.4 is 5.32 Å². The Hall–Kier alpha value is -1.28. The van der Waals surface area contributed by atoms with Gasteiger partial charge in [-0.3, -0.25) is 0 Å². The van der Waals surface area contributed by atoms with Gasteiger partial charge in [0.2, 0.25) is 0 Å². The van der Waals surface area contributed by atoms with Crippen molar-refractivity contribution in [2.45, 2.75) is 25.3 Å². The molecule has 0 spiro atoms. The molecule has 1 aromatic heterocycles. The van der Waals surface area contributed by atoms with Gasteiger partial charge in [-0.25, -0.2) is 0 Å². The van der Waals surface area contributed by atoms with E-state index in [2.05, 4.69) is 34.6 Å². The fourth-order valence-electron chi connectivity index (χ4n) is 2.42. The maximum atomic E-state index is 3.58. The second-order valence-corrected chi connectivity index (χ2v) is 4.33. The normalized spacial score (nSPS) is 22.0. The Morgan fingerprint density at radius 2 is 2.13 bits per heavy atom. The lowest BCUT2D eigenvalue weighted by Crippen LogP contribution is -2.26. The van der Waals surface area contributed by atoms with Crippen molar-refractivity contribution in [3.05, 3.63) is 36.0 Å². The van der Waals surface area contributed by atoms with E-state index in [1.165, 1.54) is 35.7 Å². The van der Waals surface area contributed by atoms with Crippen molar-refractivity contribution < 1.29 is 0 Å². The van der Waals surface area contributed by atoms with E-state index >= 15 is 0 Å². The maximum Gasteiger partial charge on any atom is 0.0454 e. The van der Waals surface area contributed by atoms with Gasteiger partial charge in [0.25, 0.3) is 0 Å². The number of aromatic amines is 1. The van der Waals surface area contributed by atoms with Crippen LogP contribution in [-0.4, -0.2) is 11.5 Å². The van der Waals surface area contributed by atoms with Gasteiger partial charge < -0.3 is 10.3 Å². The minimum Gasteiger partial charge on any atom is -0.361 e. The summed E-state index contributed by atoms with van der Waals surface area (Å²) in [5, 5.41) is 4.90. The molecule has 0 amide bonds. The molecular formula is C13H16N2. The molecule has 2 heterocycles. The summed E-state index contributed by atoms with van der Waals surface area (Å²) in [5.74, 6) is 0. The second-order valence-electron chi connectivity index (χ2n) is 4.33. The number of aromatic nitrogens is 1. The quantitative estimate of drug-likeness (QED) is 0.727. The lowest BCUT2D eigenvalue weighted by molar-refractivity contribution is 0.412. The van der Waals surface area contributed by atoms with Crippen LogP contribution in [0.15, 0.2) is 30.5 Å². The average Bonchev–Trinajstić information content (AvgIpc) is 2.77. The maximum absolute atomic E-state index is 3.58. The Morgan fingerprint density at radius 1 is 1.13 bits per heavy atom. The molecule has 1 aliphatic rings. The SMILES string of the molecule is c1cc2cc([C@@H]3CCCCN3)ccc2[nH]1. The first kappa shape index (κ1) is 8.98. The fourth-order valence-corrected chi connectivity index (χ4v) is 2.42. The third-order valence-electron chi connectivity index (χ3n) is 3.29. The highest BCUT2D eigenvalue weighted by Gasteiger charge is 2.14. The van der Waals surface area contributed by atoms with Crippen LogP contribution >= 0.6 is 0 Å². The predicted molar refractivity (Wildman–Crippen MR) is 62.9 cm³/mol. The minimum atomic E-state index is 0.568. The molecule has 0 radical (unpaired) electrons. The topological polar surface area (TPSA) is 27.8 Å². The molecule has 78 valence electrons. The molecule has 3 rings (SSSR count). The van der Waals surface area contributed by atoms with Gasteiger partial charge in [0, 0.05) is 17.8 Å².